The maximum atomic E-state index is 6.14. The Bertz CT molecular complexity index is 357. The molecule has 4 heteroatoms. The van der Waals surface area contributed by atoms with Gasteiger partial charge in [-0.1, -0.05) is 23.2 Å². The molecule has 0 radical (unpaired) electrons. The summed E-state index contributed by atoms with van der Waals surface area (Å²) in [6, 6.07) is 5.47. The Labute approximate surface area is 112 Å². The molecule has 1 aliphatic rings. The summed E-state index contributed by atoms with van der Waals surface area (Å²) in [6.07, 6.45) is 4.62. The van der Waals surface area contributed by atoms with E-state index in [2.05, 4.69) is 0 Å². The van der Waals surface area contributed by atoms with Crippen molar-refractivity contribution in [3.8, 4) is 0 Å². The van der Waals surface area contributed by atoms with Crippen molar-refractivity contribution >= 4 is 23.2 Å². The molecule has 1 aliphatic heterocycles. The summed E-state index contributed by atoms with van der Waals surface area (Å²) in [4.78, 5) is 0. The molecule has 94 valence electrons. The van der Waals surface area contributed by atoms with Gasteiger partial charge in [-0.25, -0.2) is 0 Å². The fourth-order valence-corrected chi connectivity index (χ4v) is 2.74. The first-order valence-corrected chi connectivity index (χ1v) is 6.74. The van der Waals surface area contributed by atoms with Gasteiger partial charge < -0.3 is 10.5 Å². The number of hydrogen-bond acceptors (Lipinski definition) is 2. The van der Waals surface area contributed by atoms with Crippen LogP contribution in [0.25, 0.3) is 0 Å². The SMILES string of the molecule is NC(CCC1CCCO1)c1cc(Cl)cc(Cl)c1. The maximum absolute atomic E-state index is 6.14. The van der Waals surface area contributed by atoms with Crippen LogP contribution in [0.3, 0.4) is 0 Å². The second kappa shape index (κ2) is 6.05. The monoisotopic (exact) mass is 273 g/mol. The minimum Gasteiger partial charge on any atom is -0.378 e. The Morgan fingerprint density at radius 2 is 2.00 bits per heavy atom. The van der Waals surface area contributed by atoms with E-state index in [-0.39, 0.29) is 6.04 Å². The van der Waals surface area contributed by atoms with E-state index in [1.807, 2.05) is 12.1 Å². The van der Waals surface area contributed by atoms with Gasteiger partial charge in [0.25, 0.3) is 0 Å². The molecule has 1 heterocycles. The van der Waals surface area contributed by atoms with Crippen molar-refractivity contribution in [3.63, 3.8) is 0 Å². The highest BCUT2D eigenvalue weighted by molar-refractivity contribution is 6.34. The van der Waals surface area contributed by atoms with Crippen molar-refractivity contribution in [2.45, 2.75) is 37.8 Å². The third kappa shape index (κ3) is 3.85. The van der Waals surface area contributed by atoms with Crippen molar-refractivity contribution in [1.82, 2.24) is 0 Å². The summed E-state index contributed by atoms with van der Waals surface area (Å²) < 4.78 is 5.58. The summed E-state index contributed by atoms with van der Waals surface area (Å²) in [5.41, 5.74) is 7.14. The van der Waals surface area contributed by atoms with Crippen molar-refractivity contribution in [3.05, 3.63) is 33.8 Å². The van der Waals surface area contributed by atoms with Crippen molar-refractivity contribution in [1.29, 1.82) is 0 Å². The smallest absolute Gasteiger partial charge is 0.0576 e. The summed E-state index contributed by atoms with van der Waals surface area (Å²) >= 11 is 11.9. The van der Waals surface area contributed by atoms with Gasteiger partial charge in [0.2, 0.25) is 0 Å². The van der Waals surface area contributed by atoms with E-state index < -0.39 is 0 Å². The topological polar surface area (TPSA) is 35.2 Å². The molecular weight excluding hydrogens is 257 g/mol. The first-order chi connectivity index (χ1) is 8.15. The number of rotatable bonds is 4. The van der Waals surface area contributed by atoms with Crippen LogP contribution in [-0.4, -0.2) is 12.7 Å². The lowest BCUT2D eigenvalue weighted by Crippen LogP contribution is -2.14. The van der Waals surface area contributed by atoms with Gasteiger partial charge in [0.15, 0.2) is 0 Å². The predicted octanol–water partition coefficient (Wildman–Crippen LogP) is 3.95. The van der Waals surface area contributed by atoms with Gasteiger partial charge in [-0.05, 0) is 49.4 Å². The molecule has 0 aromatic heterocycles. The standard InChI is InChI=1S/C13H17Cl2NO/c14-10-6-9(7-11(15)8-10)13(16)4-3-12-2-1-5-17-12/h6-8,12-13H,1-5,16H2. The predicted molar refractivity (Wildman–Crippen MR) is 71.6 cm³/mol. The lowest BCUT2D eigenvalue weighted by Gasteiger charge is -2.15. The largest absolute Gasteiger partial charge is 0.378 e. The molecule has 2 nitrogen and oxygen atoms in total. The summed E-state index contributed by atoms with van der Waals surface area (Å²) in [5, 5.41) is 1.28. The molecule has 2 N–H and O–H groups in total. The van der Waals surface area contributed by atoms with Crippen LogP contribution in [0.15, 0.2) is 18.2 Å². The Hall–Kier alpha value is -0.280. The van der Waals surface area contributed by atoms with E-state index in [4.69, 9.17) is 33.7 Å². The molecule has 1 saturated heterocycles. The number of hydrogen-bond donors (Lipinski definition) is 1. The van der Waals surface area contributed by atoms with E-state index in [1.54, 1.807) is 6.07 Å². The zero-order valence-electron chi connectivity index (χ0n) is 9.66. The first kappa shape index (κ1) is 13.2. The van der Waals surface area contributed by atoms with Crippen LogP contribution in [0, 0.1) is 0 Å². The van der Waals surface area contributed by atoms with Gasteiger partial charge in [0, 0.05) is 22.7 Å². The third-order valence-electron chi connectivity index (χ3n) is 3.14. The van der Waals surface area contributed by atoms with E-state index >= 15 is 0 Å². The molecular formula is C13H17Cl2NO. The van der Waals surface area contributed by atoms with Gasteiger partial charge in [-0.2, -0.15) is 0 Å². The zero-order chi connectivity index (χ0) is 12.3. The van der Waals surface area contributed by atoms with Gasteiger partial charge in [-0.15, -0.1) is 0 Å². The minimum absolute atomic E-state index is 0.0181. The van der Waals surface area contributed by atoms with Crippen molar-refractivity contribution in [2.24, 2.45) is 5.73 Å². The van der Waals surface area contributed by atoms with Crippen LogP contribution in [0.2, 0.25) is 10.0 Å². The second-order valence-corrected chi connectivity index (χ2v) is 5.39. The van der Waals surface area contributed by atoms with Crippen molar-refractivity contribution in [2.75, 3.05) is 6.61 Å². The fourth-order valence-electron chi connectivity index (χ4n) is 2.19. The highest BCUT2D eigenvalue weighted by atomic mass is 35.5. The summed E-state index contributed by atoms with van der Waals surface area (Å²) in [7, 11) is 0. The molecule has 0 saturated carbocycles. The van der Waals surface area contributed by atoms with Gasteiger partial charge in [0.1, 0.15) is 0 Å². The molecule has 0 spiro atoms. The average Bonchev–Trinajstić information content (AvgIpc) is 2.77. The Kier molecular flexibility index (Phi) is 4.69. The minimum atomic E-state index is -0.0181. The second-order valence-electron chi connectivity index (χ2n) is 4.52. The third-order valence-corrected chi connectivity index (χ3v) is 3.57. The van der Waals surface area contributed by atoms with E-state index in [0.29, 0.717) is 16.1 Å². The lowest BCUT2D eigenvalue weighted by atomic mass is 10.0. The Morgan fingerprint density at radius 3 is 2.59 bits per heavy atom. The van der Waals surface area contributed by atoms with Crippen LogP contribution >= 0.6 is 23.2 Å². The molecule has 0 amide bonds. The van der Waals surface area contributed by atoms with Crippen molar-refractivity contribution < 1.29 is 4.74 Å². The van der Waals surface area contributed by atoms with Crippen LogP contribution < -0.4 is 5.73 Å². The van der Waals surface area contributed by atoms with Crippen LogP contribution in [-0.2, 0) is 4.74 Å². The quantitative estimate of drug-likeness (QED) is 0.902. The molecule has 2 rings (SSSR count). The van der Waals surface area contributed by atoms with E-state index in [1.165, 1.54) is 6.42 Å². The number of nitrogens with two attached hydrogens (primary N) is 1. The average molecular weight is 274 g/mol. The normalized spacial score (nSPS) is 21.7. The van der Waals surface area contributed by atoms with Crippen LogP contribution in [0.5, 0.6) is 0 Å². The molecule has 1 aromatic rings. The summed E-state index contributed by atoms with van der Waals surface area (Å²) in [6.45, 7) is 0.892. The number of halogens is 2. The van der Waals surface area contributed by atoms with Gasteiger partial charge in [-0.3, -0.25) is 0 Å². The number of ether oxygens (including phenoxy) is 1. The van der Waals surface area contributed by atoms with E-state index in [0.717, 1.165) is 31.4 Å². The molecule has 1 fully saturated rings. The van der Waals surface area contributed by atoms with Crippen LogP contribution in [0.1, 0.15) is 37.3 Å². The lowest BCUT2D eigenvalue weighted by molar-refractivity contribution is 0.101. The summed E-state index contributed by atoms with van der Waals surface area (Å²) in [5.74, 6) is 0. The highest BCUT2D eigenvalue weighted by Gasteiger charge is 2.17. The van der Waals surface area contributed by atoms with Gasteiger partial charge >= 0.3 is 0 Å². The molecule has 0 bridgehead atoms. The first-order valence-electron chi connectivity index (χ1n) is 5.98. The molecule has 1 aromatic carbocycles. The van der Waals surface area contributed by atoms with E-state index in [9.17, 15) is 0 Å². The Balaban J connectivity index is 1.91. The fraction of sp³-hybridized carbons (Fsp3) is 0.538. The molecule has 17 heavy (non-hydrogen) atoms. The Morgan fingerprint density at radius 1 is 1.29 bits per heavy atom. The highest BCUT2D eigenvalue weighted by Crippen LogP contribution is 2.26. The van der Waals surface area contributed by atoms with Crippen LogP contribution in [0.4, 0.5) is 0 Å². The zero-order valence-corrected chi connectivity index (χ0v) is 11.2. The molecule has 0 aliphatic carbocycles. The van der Waals surface area contributed by atoms with Gasteiger partial charge in [0.05, 0.1) is 6.10 Å². The molecule has 2 atom stereocenters. The maximum Gasteiger partial charge on any atom is 0.0576 e. The molecule has 2 unspecified atom stereocenters. The number of benzene rings is 1.